The molecule has 0 aliphatic heterocycles. The highest BCUT2D eigenvalue weighted by Gasteiger charge is 2.42. The van der Waals surface area contributed by atoms with Crippen LogP contribution >= 0.6 is 15.9 Å². The van der Waals surface area contributed by atoms with Crippen molar-refractivity contribution in [1.29, 1.82) is 0 Å². The highest BCUT2D eigenvalue weighted by atomic mass is 79.9. The first-order chi connectivity index (χ1) is 23.1. The third-order valence-electron chi connectivity index (χ3n) is 11.4. The van der Waals surface area contributed by atoms with Crippen LogP contribution in [0.15, 0.2) is 83.3 Å². The topological polar surface area (TPSA) is 0 Å². The van der Waals surface area contributed by atoms with Gasteiger partial charge in [-0.25, -0.2) is 0 Å². The maximum Gasteiger partial charge on any atom is 0.0215 e. The molecule has 2 aliphatic rings. The second kappa shape index (κ2) is 16.6. The maximum atomic E-state index is 3.69. The van der Waals surface area contributed by atoms with E-state index in [1.807, 2.05) is 0 Å². The standard InChI is InChI=1S/C46H57Br/c1-3-5-7-9-11-13-15-19-29-46(30-20-16-14-12-10-8-6-4-2)44-22-18-17-21-42(44)43-27-24-36(34-45(43)46)35-23-26-40-37(31-35)32-38-33-39(47)25-28-41(38)40/h17-18,21-28,31,33-34H,3-16,19-20,29-30,32H2,1-2H3. The lowest BCUT2D eigenvalue weighted by molar-refractivity contribution is 0.397. The Labute approximate surface area is 294 Å². The predicted molar refractivity (Wildman–Crippen MR) is 208 cm³/mol. The molecule has 248 valence electrons. The second-order valence-electron chi connectivity index (χ2n) is 14.7. The molecule has 0 spiro atoms. The highest BCUT2D eigenvalue weighted by Crippen LogP contribution is 2.55. The lowest BCUT2D eigenvalue weighted by Crippen LogP contribution is -2.25. The molecule has 47 heavy (non-hydrogen) atoms. The average Bonchev–Trinajstić information content (AvgIpc) is 3.59. The molecule has 0 fully saturated rings. The SMILES string of the molecule is CCCCCCCCCCC1(CCCCCCCCCC)c2ccccc2-c2ccc(-c3ccc4c(c3)Cc3cc(Br)ccc3-4)cc21. The van der Waals surface area contributed by atoms with Gasteiger partial charge in [0.1, 0.15) is 0 Å². The Bertz CT molecular complexity index is 1590. The molecule has 0 N–H and O–H groups in total. The van der Waals surface area contributed by atoms with E-state index in [0.717, 1.165) is 6.42 Å². The molecule has 4 aromatic rings. The number of halogens is 1. The van der Waals surface area contributed by atoms with Gasteiger partial charge < -0.3 is 0 Å². The van der Waals surface area contributed by atoms with Gasteiger partial charge in [-0.3, -0.25) is 0 Å². The Morgan fingerprint density at radius 1 is 0.468 bits per heavy atom. The van der Waals surface area contributed by atoms with Gasteiger partial charge >= 0.3 is 0 Å². The summed E-state index contributed by atoms with van der Waals surface area (Å²) in [6.45, 7) is 4.63. The van der Waals surface area contributed by atoms with Crippen LogP contribution < -0.4 is 0 Å². The van der Waals surface area contributed by atoms with E-state index in [4.69, 9.17) is 0 Å². The van der Waals surface area contributed by atoms with Gasteiger partial charge in [-0.15, -0.1) is 0 Å². The van der Waals surface area contributed by atoms with E-state index >= 15 is 0 Å². The van der Waals surface area contributed by atoms with Crippen LogP contribution in [0.4, 0.5) is 0 Å². The minimum absolute atomic E-state index is 0.131. The van der Waals surface area contributed by atoms with Gasteiger partial charge in [-0.1, -0.05) is 193 Å². The molecule has 6 rings (SSSR count). The highest BCUT2D eigenvalue weighted by molar-refractivity contribution is 9.10. The summed E-state index contributed by atoms with van der Waals surface area (Å²) >= 11 is 3.69. The van der Waals surface area contributed by atoms with Crippen molar-refractivity contribution < 1.29 is 0 Å². The van der Waals surface area contributed by atoms with Crippen molar-refractivity contribution in [2.75, 3.05) is 0 Å². The quantitative estimate of drug-likeness (QED) is 0.0757. The third-order valence-corrected chi connectivity index (χ3v) is 11.9. The number of benzene rings is 4. The van der Waals surface area contributed by atoms with Gasteiger partial charge in [-0.05, 0) is 93.1 Å². The first-order valence-corrected chi connectivity index (χ1v) is 20.1. The van der Waals surface area contributed by atoms with Gasteiger partial charge in [0.05, 0.1) is 0 Å². The molecule has 0 atom stereocenters. The molecule has 2 aliphatic carbocycles. The summed E-state index contributed by atoms with van der Waals surface area (Å²) in [5.41, 5.74) is 14.8. The normalized spacial score (nSPS) is 13.8. The third kappa shape index (κ3) is 7.83. The van der Waals surface area contributed by atoms with Crippen LogP contribution in [0.1, 0.15) is 152 Å². The van der Waals surface area contributed by atoms with Crippen molar-refractivity contribution in [1.82, 2.24) is 0 Å². The van der Waals surface area contributed by atoms with Gasteiger partial charge in [0, 0.05) is 9.89 Å². The summed E-state index contributed by atoms with van der Waals surface area (Å²) in [4.78, 5) is 0. The first kappa shape index (κ1) is 34.2. The molecule has 0 heterocycles. The first-order valence-electron chi connectivity index (χ1n) is 19.3. The summed E-state index contributed by atoms with van der Waals surface area (Å²) < 4.78 is 1.17. The summed E-state index contributed by atoms with van der Waals surface area (Å²) in [6.07, 6.45) is 25.7. The van der Waals surface area contributed by atoms with Crippen LogP contribution in [0.3, 0.4) is 0 Å². The van der Waals surface area contributed by atoms with E-state index in [1.165, 1.54) is 165 Å². The number of hydrogen-bond acceptors (Lipinski definition) is 0. The molecule has 0 aromatic heterocycles. The fraction of sp³-hybridized carbons (Fsp3) is 0.478. The predicted octanol–water partition coefficient (Wildman–Crippen LogP) is 15.0. The fourth-order valence-corrected chi connectivity index (χ4v) is 9.19. The van der Waals surface area contributed by atoms with Crippen LogP contribution in [-0.2, 0) is 11.8 Å². The molecular formula is C46H57Br. The number of hydrogen-bond donors (Lipinski definition) is 0. The van der Waals surface area contributed by atoms with Crippen LogP contribution in [0.25, 0.3) is 33.4 Å². The van der Waals surface area contributed by atoms with Crippen LogP contribution in [0, 0.1) is 0 Å². The molecule has 1 heteroatoms. The summed E-state index contributed by atoms with van der Waals surface area (Å²) in [5.74, 6) is 0. The summed E-state index contributed by atoms with van der Waals surface area (Å²) in [7, 11) is 0. The van der Waals surface area contributed by atoms with Gasteiger partial charge in [0.25, 0.3) is 0 Å². The van der Waals surface area contributed by atoms with Crippen LogP contribution in [0.2, 0.25) is 0 Å². The van der Waals surface area contributed by atoms with Gasteiger partial charge in [0.15, 0.2) is 0 Å². The number of rotatable bonds is 19. The van der Waals surface area contributed by atoms with Gasteiger partial charge in [0.2, 0.25) is 0 Å². The van der Waals surface area contributed by atoms with Crippen molar-refractivity contribution >= 4 is 15.9 Å². The Hall–Kier alpha value is -2.64. The summed E-state index contributed by atoms with van der Waals surface area (Å²) in [5, 5.41) is 0. The number of unbranched alkanes of at least 4 members (excludes halogenated alkanes) is 14. The molecule has 0 saturated heterocycles. The monoisotopic (exact) mass is 688 g/mol. The zero-order valence-corrected chi connectivity index (χ0v) is 30.9. The van der Waals surface area contributed by atoms with E-state index in [9.17, 15) is 0 Å². The molecule has 0 unspecified atom stereocenters. The van der Waals surface area contributed by atoms with Crippen molar-refractivity contribution in [3.8, 4) is 33.4 Å². The van der Waals surface area contributed by atoms with E-state index < -0.39 is 0 Å². The Kier molecular flexibility index (Phi) is 12.1. The average molecular weight is 690 g/mol. The van der Waals surface area contributed by atoms with E-state index in [1.54, 1.807) is 11.1 Å². The second-order valence-corrected chi connectivity index (χ2v) is 15.6. The number of fused-ring (bicyclic) bond motifs is 6. The molecule has 0 radical (unpaired) electrons. The van der Waals surface area contributed by atoms with Crippen molar-refractivity contribution in [3.05, 3.63) is 106 Å². The summed E-state index contributed by atoms with van der Waals surface area (Å²) in [6, 6.07) is 30.9. The molecular weight excluding hydrogens is 632 g/mol. The molecule has 0 nitrogen and oxygen atoms in total. The zero-order valence-electron chi connectivity index (χ0n) is 29.3. The van der Waals surface area contributed by atoms with E-state index in [0.29, 0.717) is 0 Å². The van der Waals surface area contributed by atoms with Gasteiger partial charge in [-0.2, -0.15) is 0 Å². The van der Waals surface area contributed by atoms with Crippen molar-refractivity contribution in [2.45, 2.75) is 141 Å². The lowest BCUT2D eigenvalue weighted by Gasteiger charge is -2.33. The smallest absolute Gasteiger partial charge is 0.0215 e. The Balaban J connectivity index is 1.26. The maximum absolute atomic E-state index is 3.69. The van der Waals surface area contributed by atoms with E-state index in [-0.39, 0.29) is 5.41 Å². The largest absolute Gasteiger partial charge is 0.0654 e. The lowest BCUT2D eigenvalue weighted by atomic mass is 9.70. The Morgan fingerprint density at radius 2 is 0.957 bits per heavy atom. The van der Waals surface area contributed by atoms with Crippen LogP contribution in [0.5, 0.6) is 0 Å². The molecule has 4 aromatic carbocycles. The minimum atomic E-state index is 0.131. The van der Waals surface area contributed by atoms with Crippen molar-refractivity contribution in [3.63, 3.8) is 0 Å². The Morgan fingerprint density at radius 3 is 1.60 bits per heavy atom. The fourth-order valence-electron chi connectivity index (χ4n) is 8.78. The minimum Gasteiger partial charge on any atom is -0.0654 e. The van der Waals surface area contributed by atoms with Crippen molar-refractivity contribution in [2.24, 2.45) is 0 Å². The van der Waals surface area contributed by atoms with E-state index in [2.05, 4.69) is 109 Å². The molecule has 0 saturated carbocycles. The molecule has 0 amide bonds. The zero-order chi connectivity index (χ0) is 32.5. The van der Waals surface area contributed by atoms with Crippen LogP contribution in [-0.4, -0.2) is 0 Å². The molecule has 0 bridgehead atoms.